The van der Waals surface area contributed by atoms with Crippen molar-refractivity contribution in [2.45, 2.75) is 6.42 Å². The number of carboxylic acid groups (broad SMARTS) is 1. The van der Waals surface area contributed by atoms with E-state index in [1.807, 2.05) is 11.4 Å². The second kappa shape index (κ2) is 7.04. The van der Waals surface area contributed by atoms with Crippen molar-refractivity contribution in [2.75, 3.05) is 10.6 Å². The highest BCUT2D eigenvalue weighted by molar-refractivity contribution is 6.05. The van der Waals surface area contributed by atoms with Crippen molar-refractivity contribution in [3.05, 3.63) is 59.4 Å². The van der Waals surface area contributed by atoms with E-state index in [9.17, 15) is 14.0 Å². The number of nitriles is 1. The van der Waals surface area contributed by atoms with Crippen LogP contribution in [0.3, 0.4) is 0 Å². The molecule has 3 N–H and O–H groups in total. The molecule has 2 amide bonds. The number of nitrogens with zero attached hydrogens (tertiary/aromatic N) is 1. The highest BCUT2D eigenvalue weighted by Gasteiger charge is 2.12. The van der Waals surface area contributed by atoms with Crippen molar-refractivity contribution >= 4 is 23.4 Å². The molecule has 0 aliphatic rings. The standard InChI is InChI=1S/C16H12FN3O3/c17-13-5-4-11(9-14(13)20-16(22)23)15(21)19-12-3-1-2-10(8-12)6-7-18/h1-5,8-9,20H,6H2,(H,19,21)(H,22,23). The average Bonchev–Trinajstić information content (AvgIpc) is 2.49. The predicted molar refractivity (Wildman–Crippen MR) is 81.8 cm³/mol. The smallest absolute Gasteiger partial charge is 0.409 e. The van der Waals surface area contributed by atoms with Crippen LogP contribution in [0, 0.1) is 17.1 Å². The molecule has 2 rings (SSSR count). The molecule has 0 saturated carbocycles. The Morgan fingerprint density at radius 2 is 1.96 bits per heavy atom. The summed E-state index contributed by atoms with van der Waals surface area (Å²) >= 11 is 0. The quantitative estimate of drug-likeness (QED) is 0.806. The number of hydrogen-bond donors (Lipinski definition) is 3. The zero-order valence-corrected chi connectivity index (χ0v) is 11.8. The van der Waals surface area contributed by atoms with Gasteiger partial charge in [0, 0.05) is 11.3 Å². The number of carbonyl (C=O) groups excluding carboxylic acids is 1. The van der Waals surface area contributed by atoms with Gasteiger partial charge in [-0.1, -0.05) is 12.1 Å². The summed E-state index contributed by atoms with van der Waals surface area (Å²) in [6.07, 6.45) is -1.21. The molecule has 2 aromatic rings. The molecule has 2 aromatic carbocycles. The molecule has 0 saturated heterocycles. The second-order valence-electron chi connectivity index (χ2n) is 4.61. The number of benzene rings is 2. The summed E-state index contributed by atoms with van der Waals surface area (Å²) in [5, 5.41) is 21.8. The SMILES string of the molecule is N#CCc1cccc(NC(=O)c2ccc(F)c(NC(=O)O)c2)c1. The van der Waals surface area contributed by atoms with E-state index >= 15 is 0 Å². The fourth-order valence-corrected chi connectivity index (χ4v) is 1.93. The topological polar surface area (TPSA) is 102 Å². The van der Waals surface area contributed by atoms with E-state index in [0.29, 0.717) is 5.69 Å². The van der Waals surface area contributed by atoms with Crippen molar-refractivity contribution in [1.82, 2.24) is 0 Å². The van der Waals surface area contributed by atoms with Crippen LogP contribution in [0.4, 0.5) is 20.6 Å². The molecule has 23 heavy (non-hydrogen) atoms. The van der Waals surface area contributed by atoms with E-state index < -0.39 is 17.8 Å². The van der Waals surface area contributed by atoms with Gasteiger partial charge in [0.25, 0.3) is 5.91 Å². The molecule has 0 aliphatic heterocycles. The van der Waals surface area contributed by atoms with E-state index in [2.05, 4.69) is 5.32 Å². The summed E-state index contributed by atoms with van der Waals surface area (Å²) in [6, 6.07) is 12.1. The molecule has 0 radical (unpaired) electrons. The molecule has 0 aromatic heterocycles. The summed E-state index contributed by atoms with van der Waals surface area (Å²) < 4.78 is 13.5. The third-order valence-corrected chi connectivity index (χ3v) is 2.94. The van der Waals surface area contributed by atoms with E-state index in [-0.39, 0.29) is 17.7 Å². The van der Waals surface area contributed by atoms with Gasteiger partial charge in [-0.25, -0.2) is 9.18 Å². The molecular weight excluding hydrogens is 301 g/mol. The molecule has 0 bridgehead atoms. The second-order valence-corrected chi connectivity index (χ2v) is 4.61. The van der Waals surface area contributed by atoms with Crippen LogP contribution in [0.2, 0.25) is 0 Å². The third-order valence-electron chi connectivity index (χ3n) is 2.94. The first-order valence-corrected chi connectivity index (χ1v) is 6.56. The lowest BCUT2D eigenvalue weighted by Gasteiger charge is -2.08. The van der Waals surface area contributed by atoms with Crippen LogP contribution in [0.1, 0.15) is 15.9 Å². The molecule has 0 spiro atoms. The van der Waals surface area contributed by atoms with E-state index in [1.165, 1.54) is 6.07 Å². The van der Waals surface area contributed by atoms with Crippen LogP contribution in [0.15, 0.2) is 42.5 Å². The number of amides is 2. The highest BCUT2D eigenvalue weighted by Crippen LogP contribution is 2.18. The summed E-state index contributed by atoms with van der Waals surface area (Å²) in [6.45, 7) is 0. The first-order chi connectivity index (χ1) is 11.0. The van der Waals surface area contributed by atoms with Gasteiger partial charge in [-0.3, -0.25) is 10.1 Å². The van der Waals surface area contributed by atoms with Crippen LogP contribution in [0.25, 0.3) is 0 Å². The van der Waals surface area contributed by atoms with E-state index in [1.54, 1.807) is 24.3 Å². The summed E-state index contributed by atoms with van der Waals surface area (Å²) in [5.41, 5.74) is 1.03. The lowest BCUT2D eigenvalue weighted by Crippen LogP contribution is -2.14. The zero-order chi connectivity index (χ0) is 16.8. The van der Waals surface area contributed by atoms with Gasteiger partial charge in [-0.15, -0.1) is 0 Å². The molecule has 7 heteroatoms. The van der Waals surface area contributed by atoms with Gasteiger partial charge >= 0.3 is 6.09 Å². The maximum atomic E-state index is 13.5. The van der Waals surface area contributed by atoms with E-state index in [0.717, 1.165) is 17.7 Å². The number of rotatable bonds is 4. The van der Waals surface area contributed by atoms with E-state index in [4.69, 9.17) is 10.4 Å². The van der Waals surface area contributed by atoms with Crippen LogP contribution in [-0.4, -0.2) is 17.1 Å². The maximum Gasteiger partial charge on any atom is 0.409 e. The lowest BCUT2D eigenvalue weighted by molar-refractivity contribution is 0.102. The molecular formula is C16H12FN3O3. The highest BCUT2D eigenvalue weighted by atomic mass is 19.1. The number of hydrogen-bond acceptors (Lipinski definition) is 3. The largest absolute Gasteiger partial charge is 0.465 e. The van der Waals surface area contributed by atoms with Gasteiger partial charge < -0.3 is 10.4 Å². The van der Waals surface area contributed by atoms with Crippen molar-refractivity contribution in [3.63, 3.8) is 0 Å². The number of nitrogens with one attached hydrogen (secondary N) is 2. The summed E-state index contributed by atoms with van der Waals surface area (Å²) in [7, 11) is 0. The third kappa shape index (κ3) is 4.28. The lowest BCUT2D eigenvalue weighted by atomic mass is 10.1. The normalized spacial score (nSPS) is 9.74. The molecule has 0 heterocycles. The predicted octanol–water partition coefficient (Wildman–Crippen LogP) is 3.23. The molecule has 0 atom stereocenters. The molecule has 0 fully saturated rings. The van der Waals surface area contributed by atoms with Crippen molar-refractivity contribution in [3.8, 4) is 6.07 Å². The average molecular weight is 313 g/mol. The Kier molecular flexibility index (Phi) is 4.89. The first kappa shape index (κ1) is 16.0. The Labute approximate surface area is 131 Å². The Hall–Kier alpha value is -3.40. The first-order valence-electron chi connectivity index (χ1n) is 6.56. The van der Waals surface area contributed by atoms with Crippen LogP contribution in [-0.2, 0) is 6.42 Å². The fraction of sp³-hybridized carbons (Fsp3) is 0.0625. The maximum absolute atomic E-state index is 13.5. The zero-order valence-electron chi connectivity index (χ0n) is 11.8. The number of anilines is 2. The van der Waals surface area contributed by atoms with Gasteiger partial charge in [-0.2, -0.15) is 5.26 Å². The monoisotopic (exact) mass is 313 g/mol. The minimum Gasteiger partial charge on any atom is -0.465 e. The fourth-order valence-electron chi connectivity index (χ4n) is 1.93. The Balaban J connectivity index is 2.19. The molecule has 0 unspecified atom stereocenters. The Morgan fingerprint density at radius 3 is 2.65 bits per heavy atom. The van der Waals surface area contributed by atoms with Gasteiger partial charge in [0.1, 0.15) is 5.82 Å². The Bertz CT molecular complexity index is 799. The van der Waals surface area contributed by atoms with Crippen LogP contribution >= 0.6 is 0 Å². The summed E-state index contributed by atoms with van der Waals surface area (Å²) in [5.74, 6) is -1.30. The number of halogens is 1. The van der Waals surface area contributed by atoms with Crippen molar-refractivity contribution < 1.29 is 19.1 Å². The van der Waals surface area contributed by atoms with Gasteiger partial charge in [0.05, 0.1) is 18.2 Å². The van der Waals surface area contributed by atoms with Crippen LogP contribution < -0.4 is 10.6 Å². The van der Waals surface area contributed by atoms with Crippen molar-refractivity contribution in [2.24, 2.45) is 0 Å². The molecule has 116 valence electrons. The summed E-state index contributed by atoms with van der Waals surface area (Å²) in [4.78, 5) is 22.7. The number of carbonyl (C=O) groups is 2. The van der Waals surface area contributed by atoms with Crippen molar-refractivity contribution in [1.29, 1.82) is 5.26 Å². The van der Waals surface area contributed by atoms with Gasteiger partial charge in [0.15, 0.2) is 0 Å². The van der Waals surface area contributed by atoms with Crippen LogP contribution in [0.5, 0.6) is 0 Å². The minimum atomic E-state index is -1.43. The molecule has 0 aliphatic carbocycles. The Morgan fingerprint density at radius 1 is 1.17 bits per heavy atom. The van der Waals surface area contributed by atoms with Gasteiger partial charge in [0.2, 0.25) is 0 Å². The molecule has 6 nitrogen and oxygen atoms in total. The van der Waals surface area contributed by atoms with Gasteiger partial charge in [-0.05, 0) is 35.9 Å². The minimum absolute atomic E-state index is 0.0980.